The molecule has 5 nitrogen and oxygen atoms in total. The van der Waals surface area contributed by atoms with Gasteiger partial charge in [-0.05, 0) is 12.1 Å². The number of carbonyl (C=O) groups is 1. The maximum absolute atomic E-state index is 10.4. The van der Waals surface area contributed by atoms with E-state index in [0.29, 0.717) is 17.2 Å². The average molecular weight is 252 g/mol. The summed E-state index contributed by atoms with van der Waals surface area (Å²) in [5, 5.41) is 8.57. The molecule has 0 fully saturated rings. The molecular formula is C13H16O5. The topological polar surface area (TPSA) is 65.0 Å². The fraction of sp³-hybridized carbons (Fsp3) is 0.308. The molecule has 1 N–H and O–H groups in total. The Morgan fingerprint density at radius 3 is 2.33 bits per heavy atom. The predicted molar refractivity (Wildman–Crippen MR) is 67.4 cm³/mol. The van der Waals surface area contributed by atoms with Crippen LogP contribution in [0.2, 0.25) is 0 Å². The zero-order valence-electron chi connectivity index (χ0n) is 10.6. The van der Waals surface area contributed by atoms with Crippen LogP contribution >= 0.6 is 0 Å². The van der Waals surface area contributed by atoms with Crippen LogP contribution in [0.3, 0.4) is 0 Å². The highest BCUT2D eigenvalue weighted by Gasteiger charge is 2.13. The largest absolute Gasteiger partial charge is 0.493 e. The highest BCUT2D eigenvalue weighted by atomic mass is 16.5. The summed E-state index contributed by atoms with van der Waals surface area (Å²) < 4.78 is 15.6. The van der Waals surface area contributed by atoms with Crippen molar-refractivity contribution in [2.24, 2.45) is 0 Å². The lowest BCUT2D eigenvalue weighted by Gasteiger charge is -2.13. The van der Waals surface area contributed by atoms with Gasteiger partial charge in [0, 0.05) is 5.56 Å². The van der Waals surface area contributed by atoms with E-state index < -0.39 is 5.97 Å². The van der Waals surface area contributed by atoms with Gasteiger partial charge in [0.25, 0.3) is 0 Å². The summed E-state index contributed by atoms with van der Waals surface area (Å²) in [5.41, 5.74) is 0.733. The number of hydrogen-bond acceptors (Lipinski definition) is 4. The minimum absolute atomic E-state index is 0.0441. The molecule has 0 spiro atoms. The smallest absolute Gasteiger partial charge is 0.307 e. The van der Waals surface area contributed by atoms with Crippen LogP contribution in [0.25, 0.3) is 6.08 Å². The second-order valence-electron chi connectivity index (χ2n) is 3.42. The first-order chi connectivity index (χ1) is 8.63. The van der Waals surface area contributed by atoms with Crippen LogP contribution in [0, 0.1) is 0 Å². The third-order valence-corrected chi connectivity index (χ3v) is 2.32. The van der Waals surface area contributed by atoms with E-state index in [1.807, 2.05) is 0 Å². The number of aliphatic carboxylic acids is 1. The van der Waals surface area contributed by atoms with E-state index in [1.54, 1.807) is 24.3 Å². The van der Waals surface area contributed by atoms with Crippen molar-refractivity contribution in [3.05, 3.63) is 23.8 Å². The van der Waals surface area contributed by atoms with Crippen molar-refractivity contribution in [1.29, 1.82) is 0 Å². The maximum Gasteiger partial charge on any atom is 0.307 e. The van der Waals surface area contributed by atoms with Crippen molar-refractivity contribution in [3.63, 3.8) is 0 Å². The zero-order chi connectivity index (χ0) is 13.5. The minimum Gasteiger partial charge on any atom is -0.493 e. The molecule has 0 radical (unpaired) electrons. The lowest BCUT2D eigenvalue weighted by Crippen LogP contribution is -1.96. The lowest BCUT2D eigenvalue weighted by molar-refractivity contribution is -0.135. The quantitative estimate of drug-likeness (QED) is 0.840. The van der Waals surface area contributed by atoms with Gasteiger partial charge >= 0.3 is 5.97 Å². The van der Waals surface area contributed by atoms with Crippen molar-refractivity contribution < 1.29 is 24.1 Å². The fourth-order valence-corrected chi connectivity index (χ4v) is 1.54. The summed E-state index contributed by atoms with van der Waals surface area (Å²) in [4.78, 5) is 10.4. The first-order valence-corrected chi connectivity index (χ1v) is 5.31. The fourth-order valence-electron chi connectivity index (χ4n) is 1.54. The molecule has 0 unspecified atom stereocenters. The Morgan fingerprint density at radius 1 is 1.17 bits per heavy atom. The van der Waals surface area contributed by atoms with E-state index in [-0.39, 0.29) is 6.42 Å². The van der Waals surface area contributed by atoms with Gasteiger partial charge < -0.3 is 19.3 Å². The molecule has 1 aromatic carbocycles. The molecule has 0 atom stereocenters. The lowest BCUT2D eigenvalue weighted by atomic mass is 10.1. The van der Waals surface area contributed by atoms with Crippen LogP contribution in [-0.4, -0.2) is 32.4 Å². The molecule has 98 valence electrons. The molecule has 0 saturated carbocycles. The normalized spacial score (nSPS) is 10.4. The number of carboxylic acids is 1. The molecule has 0 aliphatic heterocycles. The van der Waals surface area contributed by atoms with Gasteiger partial charge in [-0.3, -0.25) is 4.79 Å². The third-order valence-electron chi connectivity index (χ3n) is 2.32. The monoisotopic (exact) mass is 252 g/mol. The van der Waals surface area contributed by atoms with Crippen molar-refractivity contribution in [3.8, 4) is 17.2 Å². The molecule has 0 amide bonds. The molecule has 1 rings (SSSR count). The number of methoxy groups -OCH3 is 3. The molecular weight excluding hydrogens is 236 g/mol. The average Bonchev–Trinajstić information content (AvgIpc) is 2.37. The first-order valence-electron chi connectivity index (χ1n) is 5.31. The van der Waals surface area contributed by atoms with Gasteiger partial charge in [0.1, 0.15) is 0 Å². The Hall–Kier alpha value is -2.17. The standard InChI is InChI=1S/C13H16O5/c1-16-10-8-7-9(5-4-6-11(14)15)12(17-2)13(10)18-3/h4-5,7-8H,6H2,1-3H3,(H,14,15). The summed E-state index contributed by atoms with van der Waals surface area (Å²) >= 11 is 0. The highest BCUT2D eigenvalue weighted by Crippen LogP contribution is 2.40. The number of ether oxygens (including phenoxy) is 3. The van der Waals surface area contributed by atoms with Gasteiger partial charge in [-0.25, -0.2) is 0 Å². The summed E-state index contributed by atoms with van der Waals surface area (Å²) in [6, 6.07) is 3.51. The van der Waals surface area contributed by atoms with Crippen LogP contribution in [0.5, 0.6) is 17.2 Å². The second kappa shape index (κ2) is 6.54. The molecule has 0 aliphatic carbocycles. The van der Waals surface area contributed by atoms with Crippen molar-refractivity contribution in [2.75, 3.05) is 21.3 Å². The second-order valence-corrected chi connectivity index (χ2v) is 3.42. The van der Waals surface area contributed by atoms with Crippen molar-refractivity contribution >= 4 is 12.0 Å². The number of hydrogen-bond donors (Lipinski definition) is 1. The van der Waals surface area contributed by atoms with Crippen LogP contribution in [0.4, 0.5) is 0 Å². The van der Waals surface area contributed by atoms with Crippen LogP contribution < -0.4 is 14.2 Å². The van der Waals surface area contributed by atoms with E-state index in [4.69, 9.17) is 19.3 Å². The van der Waals surface area contributed by atoms with E-state index >= 15 is 0 Å². The van der Waals surface area contributed by atoms with E-state index in [2.05, 4.69) is 0 Å². The van der Waals surface area contributed by atoms with Gasteiger partial charge in [-0.2, -0.15) is 0 Å². The summed E-state index contributed by atoms with van der Waals surface area (Å²) in [5.74, 6) is 0.673. The highest BCUT2D eigenvalue weighted by molar-refractivity contribution is 5.72. The molecule has 0 aromatic heterocycles. The summed E-state index contributed by atoms with van der Waals surface area (Å²) in [6.45, 7) is 0. The Balaban J connectivity index is 3.12. The number of rotatable bonds is 6. The van der Waals surface area contributed by atoms with Crippen LogP contribution in [0.1, 0.15) is 12.0 Å². The van der Waals surface area contributed by atoms with Crippen LogP contribution in [0.15, 0.2) is 18.2 Å². The van der Waals surface area contributed by atoms with Gasteiger partial charge in [-0.15, -0.1) is 0 Å². The SMILES string of the molecule is COc1ccc(C=CCC(=O)O)c(OC)c1OC. The third kappa shape index (κ3) is 3.16. The number of benzene rings is 1. The van der Waals surface area contributed by atoms with Gasteiger partial charge in [0.05, 0.1) is 27.8 Å². The van der Waals surface area contributed by atoms with Gasteiger partial charge in [0.15, 0.2) is 11.5 Å². The maximum atomic E-state index is 10.4. The van der Waals surface area contributed by atoms with E-state index in [1.165, 1.54) is 21.3 Å². The Kier molecular flexibility index (Phi) is 5.05. The molecule has 5 heteroatoms. The zero-order valence-corrected chi connectivity index (χ0v) is 10.6. The van der Waals surface area contributed by atoms with E-state index in [9.17, 15) is 4.79 Å². The first kappa shape index (κ1) is 13.9. The Bertz CT molecular complexity index is 451. The molecule has 1 aromatic rings. The minimum atomic E-state index is -0.884. The summed E-state index contributed by atoms with van der Waals surface area (Å²) in [7, 11) is 4.58. The number of carboxylic acid groups (broad SMARTS) is 1. The van der Waals surface area contributed by atoms with Crippen molar-refractivity contribution in [1.82, 2.24) is 0 Å². The molecule has 0 saturated heterocycles. The van der Waals surface area contributed by atoms with Crippen molar-refractivity contribution in [2.45, 2.75) is 6.42 Å². The van der Waals surface area contributed by atoms with E-state index in [0.717, 1.165) is 5.56 Å². The van der Waals surface area contributed by atoms with Gasteiger partial charge in [0.2, 0.25) is 5.75 Å². The van der Waals surface area contributed by atoms with Crippen LogP contribution in [-0.2, 0) is 4.79 Å². The predicted octanol–water partition coefficient (Wildman–Crippen LogP) is 2.20. The molecule has 18 heavy (non-hydrogen) atoms. The molecule has 0 aliphatic rings. The van der Waals surface area contributed by atoms with Gasteiger partial charge in [-0.1, -0.05) is 12.2 Å². The molecule has 0 bridgehead atoms. The summed E-state index contributed by atoms with van der Waals surface area (Å²) in [6.07, 6.45) is 3.18. The Labute approximate surface area is 106 Å². The molecule has 0 heterocycles. The Morgan fingerprint density at radius 2 is 1.83 bits per heavy atom.